The van der Waals surface area contributed by atoms with Gasteiger partial charge in [-0.2, -0.15) is 12.6 Å². The third kappa shape index (κ3) is 3.04. The Morgan fingerprint density at radius 2 is 2.29 bits per heavy atom. The van der Waals surface area contributed by atoms with E-state index in [4.69, 9.17) is 6.42 Å². The monoisotopic (exact) mass is 245 g/mol. The molecule has 88 valence electrons. The highest BCUT2D eigenvalue weighted by Gasteiger charge is 2.42. The Bertz CT molecular complexity index is 471. The van der Waals surface area contributed by atoms with Crippen LogP contribution in [0.4, 0.5) is 5.69 Å². The summed E-state index contributed by atoms with van der Waals surface area (Å²) in [7, 11) is 0. The maximum absolute atomic E-state index is 11.8. The van der Waals surface area contributed by atoms with Gasteiger partial charge in [0, 0.05) is 17.7 Å². The molecule has 1 aromatic carbocycles. The number of anilines is 1. The summed E-state index contributed by atoms with van der Waals surface area (Å²) in [6, 6.07) is 7.33. The molecule has 2 nitrogen and oxygen atoms in total. The fraction of sp³-hybridized carbons (Fsp3) is 0.357. The summed E-state index contributed by atoms with van der Waals surface area (Å²) in [5.74, 6) is 3.38. The van der Waals surface area contributed by atoms with Crippen LogP contribution in [0.5, 0.6) is 0 Å². The Kier molecular flexibility index (Phi) is 3.44. The summed E-state index contributed by atoms with van der Waals surface area (Å²) in [6.07, 6.45) is 8.07. The molecular weight excluding hydrogens is 230 g/mol. The standard InChI is InChI=1S/C14H15NOS/c1-2-11-4-3-5-12(8-11)15-13(16)9-14(10-17)6-7-14/h1,3-5,8,17H,6-7,9-10H2,(H,15,16). The van der Waals surface area contributed by atoms with Gasteiger partial charge in [-0.25, -0.2) is 0 Å². The molecule has 1 aliphatic carbocycles. The summed E-state index contributed by atoms with van der Waals surface area (Å²) in [5.41, 5.74) is 1.69. The van der Waals surface area contributed by atoms with E-state index >= 15 is 0 Å². The first kappa shape index (κ1) is 12.1. The molecule has 1 fully saturated rings. The first-order chi connectivity index (χ1) is 8.17. The normalized spacial score (nSPS) is 16.0. The number of thiol groups is 1. The third-order valence-electron chi connectivity index (χ3n) is 3.14. The Morgan fingerprint density at radius 3 is 2.88 bits per heavy atom. The average molecular weight is 245 g/mol. The van der Waals surface area contributed by atoms with Crippen LogP contribution < -0.4 is 5.32 Å². The van der Waals surface area contributed by atoms with E-state index in [0.717, 1.165) is 29.8 Å². The van der Waals surface area contributed by atoms with E-state index in [1.807, 2.05) is 18.2 Å². The summed E-state index contributed by atoms with van der Waals surface area (Å²) in [5, 5.41) is 2.88. The number of hydrogen-bond acceptors (Lipinski definition) is 2. The van der Waals surface area contributed by atoms with Crippen molar-refractivity contribution in [3.8, 4) is 12.3 Å². The van der Waals surface area contributed by atoms with Gasteiger partial charge in [0.25, 0.3) is 0 Å². The molecule has 0 spiro atoms. The molecule has 0 heterocycles. The topological polar surface area (TPSA) is 29.1 Å². The first-order valence-electron chi connectivity index (χ1n) is 5.65. The number of terminal acetylenes is 1. The fourth-order valence-corrected chi connectivity index (χ4v) is 2.23. The highest BCUT2D eigenvalue weighted by molar-refractivity contribution is 7.80. The molecule has 0 aromatic heterocycles. The number of amides is 1. The molecule has 1 aliphatic rings. The molecule has 1 N–H and O–H groups in total. The van der Waals surface area contributed by atoms with Gasteiger partial charge in [-0.1, -0.05) is 12.0 Å². The first-order valence-corrected chi connectivity index (χ1v) is 6.28. The zero-order chi connectivity index (χ0) is 12.3. The van der Waals surface area contributed by atoms with Crippen molar-refractivity contribution >= 4 is 24.2 Å². The summed E-state index contributed by atoms with van der Waals surface area (Å²) in [4.78, 5) is 11.8. The second-order valence-electron chi connectivity index (χ2n) is 4.61. The van der Waals surface area contributed by atoms with Crippen molar-refractivity contribution in [2.24, 2.45) is 5.41 Å². The van der Waals surface area contributed by atoms with Gasteiger partial charge < -0.3 is 5.32 Å². The Labute approximate surface area is 107 Å². The lowest BCUT2D eigenvalue weighted by Gasteiger charge is -2.11. The van der Waals surface area contributed by atoms with Gasteiger partial charge in [0.2, 0.25) is 5.91 Å². The molecule has 2 rings (SSSR count). The third-order valence-corrected chi connectivity index (χ3v) is 3.81. The van der Waals surface area contributed by atoms with Crippen LogP contribution >= 0.6 is 12.6 Å². The lowest BCUT2D eigenvalue weighted by molar-refractivity contribution is -0.117. The van der Waals surface area contributed by atoms with Crippen LogP contribution in [0.3, 0.4) is 0 Å². The van der Waals surface area contributed by atoms with E-state index in [1.54, 1.807) is 6.07 Å². The zero-order valence-corrected chi connectivity index (χ0v) is 10.5. The summed E-state index contributed by atoms with van der Waals surface area (Å²) < 4.78 is 0. The largest absolute Gasteiger partial charge is 0.326 e. The van der Waals surface area contributed by atoms with Gasteiger partial charge in [-0.05, 0) is 42.2 Å². The molecule has 1 saturated carbocycles. The van der Waals surface area contributed by atoms with Crippen molar-refractivity contribution in [1.82, 2.24) is 0 Å². The van der Waals surface area contributed by atoms with Gasteiger partial charge in [0.1, 0.15) is 0 Å². The number of hydrogen-bond donors (Lipinski definition) is 2. The van der Waals surface area contributed by atoms with Crippen molar-refractivity contribution in [2.45, 2.75) is 19.3 Å². The zero-order valence-electron chi connectivity index (χ0n) is 9.57. The number of carbonyl (C=O) groups excluding carboxylic acids is 1. The smallest absolute Gasteiger partial charge is 0.224 e. The summed E-state index contributed by atoms with van der Waals surface area (Å²) in [6.45, 7) is 0. The number of benzene rings is 1. The second kappa shape index (κ2) is 4.85. The van der Waals surface area contributed by atoms with Crippen molar-refractivity contribution < 1.29 is 4.79 Å². The Hall–Kier alpha value is -1.40. The van der Waals surface area contributed by atoms with Crippen LogP contribution in [-0.4, -0.2) is 11.7 Å². The van der Waals surface area contributed by atoms with Crippen molar-refractivity contribution in [2.75, 3.05) is 11.1 Å². The molecule has 17 heavy (non-hydrogen) atoms. The van der Waals surface area contributed by atoms with E-state index in [0.29, 0.717) is 6.42 Å². The Morgan fingerprint density at radius 1 is 1.53 bits per heavy atom. The Balaban J connectivity index is 1.96. The van der Waals surface area contributed by atoms with Gasteiger partial charge >= 0.3 is 0 Å². The average Bonchev–Trinajstić information content (AvgIpc) is 3.09. The quantitative estimate of drug-likeness (QED) is 0.620. The lowest BCUT2D eigenvalue weighted by Crippen LogP contribution is -2.18. The van der Waals surface area contributed by atoms with Crippen LogP contribution in [0.25, 0.3) is 0 Å². The van der Waals surface area contributed by atoms with Gasteiger partial charge in [-0.15, -0.1) is 6.42 Å². The van der Waals surface area contributed by atoms with E-state index < -0.39 is 0 Å². The highest BCUT2D eigenvalue weighted by Crippen LogP contribution is 2.49. The maximum atomic E-state index is 11.8. The molecular formula is C14H15NOS. The number of rotatable bonds is 4. The minimum Gasteiger partial charge on any atom is -0.326 e. The molecule has 0 saturated heterocycles. The molecule has 0 unspecified atom stereocenters. The predicted molar refractivity (Wildman–Crippen MR) is 73.1 cm³/mol. The second-order valence-corrected chi connectivity index (χ2v) is 4.92. The number of carbonyl (C=O) groups is 1. The molecule has 0 aliphatic heterocycles. The van der Waals surface area contributed by atoms with Crippen LogP contribution in [0.1, 0.15) is 24.8 Å². The molecule has 0 atom stereocenters. The van der Waals surface area contributed by atoms with Crippen molar-refractivity contribution in [1.29, 1.82) is 0 Å². The maximum Gasteiger partial charge on any atom is 0.224 e. The van der Waals surface area contributed by atoms with E-state index in [9.17, 15) is 4.79 Å². The van der Waals surface area contributed by atoms with E-state index in [-0.39, 0.29) is 11.3 Å². The molecule has 3 heteroatoms. The SMILES string of the molecule is C#Cc1cccc(NC(=O)CC2(CS)CC2)c1. The summed E-state index contributed by atoms with van der Waals surface area (Å²) >= 11 is 4.29. The van der Waals surface area contributed by atoms with E-state index in [2.05, 4.69) is 23.9 Å². The highest BCUT2D eigenvalue weighted by atomic mass is 32.1. The van der Waals surface area contributed by atoms with Crippen LogP contribution in [0, 0.1) is 17.8 Å². The van der Waals surface area contributed by atoms with Gasteiger partial charge in [-0.3, -0.25) is 4.79 Å². The minimum atomic E-state index is 0.0470. The van der Waals surface area contributed by atoms with Crippen LogP contribution in [0.15, 0.2) is 24.3 Å². The lowest BCUT2D eigenvalue weighted by atomic mass is 10.1. The van der Waals surface area contributed by atoms with Crippen molar-refractivity contribution in [3.63, 3.8) is 0 Å². The molecule has 0 bridgehead atoms. The van der Waals surface area contributed by atoms with Crippen molar-refractivity contribution in [3.05, 3.63) is 29.8 Å². The molecule has 1 aromatic rings. The van der Waals surface area contributed by atoms with Crippen LogP contribution in [-0.2, 0) is 4.79 Å². The molecule has 0 radical (unpaired) electrons. The predicted octanol–water partition coefficient (Wildman–Crippen LogP) is 2.71. The minimum absolute atomic E-state index is 0.0470. The van der Waals surface area contributed by atoms with Crippen LogP contribution in [0.2, 0.25) is 0 Å². The molecule has 1 amide bonds. The van der Waals surface area contributed by atoms with Gasteiger partial charge in [0.05, 0.1) is 0 Å². The van der Waals surface area contributed by atoms with E-state index in [1.165, 1.54) is 0 Å². The van der Waals surface area contributed by atoms with Gasteiger partial charge in [0.15, 0.2) is 0 Å². The number of nitrogens with one attached hydrogen (secondary N) is 1. The fourth-order valence-electron chi connectivity index (χ4n) is 1.80.